The molecule has 0 unspecified atom stereocenters. The number of allylic oxidation sites excluding steroid dienone is 1. The predicted molar refractivity (Wildman–Crippen MR) is 186 cm³/mol. The molecule has 0 radical (unpaired) electrons. The van der Waals surface area contributed by atoms with Gasteiger partial charge in [-0.3, -0.25) is 0 Å². The molecule has 0 saturated heterocycles. The molecule has 0 atom stereocenters. The molecule has 0 spiro atoms. The molecule has 40 heavy (non-hydrogen) atoms. The normalized spacial score (nSPS) is 11.6. The van der Waals surface area contributed by atoms with E-state index in [9.17, 15) is 0 Å². The van der Waals surface area contributed by atoms with Crippen LogP contribution >= 0.6 is 12.1 Å². The molecular formula is C36H34P2S2. The molecule has 0 aromatic heterocycles. The van der Waals surface area contributed by atoms with Crippen molar-refractivity contribution < 1.29 is 0 Å². The Morgan fingerprint density at radius 3 is 1.07 bits per heavy atom. The van der Waals surface area contributed by atoms with Gasteiger partial charge in [0.25, 0.3) is 0 Å². The molecule has 0 heterocycles. The fourth-order valence-corrected chi connectivity index (χ4v) is 18.2. The third-order valence-corrected chi connectivity index (χ3v) is 19.3. The maximum atomic E-state index is 7.15. The highest BCUT2D eigenvalue weighted by Crippen LogP contribution is 2.72. The molecule has 0 bridgehead atoms. The number of hydrogen-bond acceptors (Lipinski definition) is 2. The quantitative estimate of drug-likeness (QED) is 0.149. The van der Waals surface area contributed by atoms with Crippen LogP contribution in [-0.2, 0) is 23.6 Å². The van der Waals surface area contributed by atoms with Crippen LogP contribution in [0.15, 0.2) is 157 Å². The summed E-state index contributed by atoms with van der Waals surface area (Å²) in [6.45, 7) is 2.26. The average Bonchev–Trinajstić information content (AvgIpc) is 3.04. The molecule has 0 aliphatic heterocycles. The van der Waals surface area contributed by atoms with Crippen molar-refractivity contribution in [3.8, 4) is 0 Å². The Bertz CT molecular complexity index is 1460. The Morgan fingerprint density at radius 1 is 0.475 bits per heavy atom. The summed E-state index contributed by atoms with van der Waals surface area (Å²) in [7, 11) is 0. The lowest BCUT2D eigenvalue weighted by Gasteiger charge is -2.38. The van der Waals surface area contributed by atoms with Crippen molar-refractivity contribution in [1.29, 1.82) is 0 Å². The molecule has 0 aliphatic carbocycles. The lowest BCUT2D eigenvalue weighted by Crippen LogP contribution is -2.24. The lowest BCUT2D eigenvalue weighted by molar-refractivity contribution is 0.824. The van der Waals surface area contributed by atoms with Gasteiger partial charge in [-0.15, -0.1) is 0 Å². The highest BCUT2D eigenvalue weighted by Gasteiger charge is 2.40. The lowest BCUT2D eigenvalue weighted by atomic mass is 10.0. The number of rotatable bonds is 10. The van der Waals surface area contributed by atoms with Crippen molar-refractivity contribution in [2.45, 2.75) is 26.2 Å². The molecule has 5 aromatic rings. The van der Waals surface area contributed by atoms with E-state index < -0.39 is 12.1 Å². The topological polar surface area (TPSA) is 0 Å². The van der Waals surface area contributed by atoms with Gasteiger partial charge in [-0.25, -0.2) is 0 Å². The van der Waals surface area contributed by atoms with Gasteiger partial charge in [0.15, 0.2) is 0 Å². The second-order valence-corrected chi connectivity index (χ2v) is 18.9. The molecule has 0 amide bonds. The van der Waals surface area contributed by atoms with Crippen LogP contribution in [0.25, 0.3) is 5.57 Å². The summed E-state index contributed by atoms with van der Waals surface area (Å²) >= 11 is 14.3. The molecule has 0 nitrogen and oxygen atoms in total. The number of benzene rings is 5. The van der Waals surface area contributed by atoms with Crippen LogP contribution in [0.4, 0.5) is 0 Å². The molecule has 0 fully saturated rings. The van der Waals surface area contributed by atoms with E-state index in [1.54, 1.807) is 0 Å². The zero-order chi connectivity index (χ0) is 27.8. The fourth-order valence-electron chi connectivity index (χ4n) is 5.30. The highest BCUT2D eigenvalue weighted by atomic mass is 32.5. The molecular weight excluding hydrogens is 558 g/mol. The van der Waals surface area contributed by atoms with Gasteiger partial charge in [-0.1, -0.05) is 189 Å². The third kappa shape index (κ3) is 5.65. The van der Waals surface area contributed by atoms with Crippen LogP contribution < -0.4 is 21.2 Å². The van der Waals surface area contributed by atoms with Crippen molar-refractivity contribution in [2.75, 3.05) is 0 Å². The van der Waals surface area contributed by atoms with Crippen LogP contribution in [0.3, 0.4) is 0 Å². The Morgan fingerprint density at radius 2 is 0.775 bits per heavy atom. The summed E-state index contributed by atoms with van der Waals surface area (Å²) in [6, 6.07) is 48.8. The Balaban J connectivity index is 2.03. The first-order valence-electron chi connectivity index (χ1n) is 13.8. The Labute approximate surface area is 249 Å². The van der Waals surface area contributed by atoms with Crippen LogP contribution in [-0.4, -0.2) is 0 Å². The largest absolute Gasteiger partial charge is 0.0825 e. The summed E-state index contributed by atoms with van der Waals surface area (Å²) in [5.41, 5.74) is 2.56. The minimum Gasteiger partial charge on any atom is -0.0825 e. The second kappa shape index (κ2) is 13.2. The van der Waals surface area contributed by atoms with Gasteiger partial charge in [0.05, 0.1) is 0 Å². The molecule has 0 N–H and O–H groups in total. The smallest absolute Gasteiger partial charge is 0.0400 e. The summed E-state index contributed by atoms with van der Waals surface area (Å²) in [5, 5.41) is 6.06. The van der Waals surface area contributed by atoms with Gasteiger partial charge >= 0.3 is 0 Å². The SMILES string of the molecule is CCCCC(=C(P(=S)(c1ccccc1)c1ccccc1)P(=S)(c1ccccc1)c1ccccc1)c1ccccc1. The van der Waals surface area contributed by atoms with Crippen molar-refractivity contribution >= 4 is 62.5 Å². The molecule has 4 heteroatoms. The molecule has 5 aromatic carbocycles. The van der Waals surface area contributed by atoms with E-state index in [2.05, 4.69) is 159 Å². The maximum absolute atomic E-state index is 7.15. The van der Waals surface area contributed by atoms with Gasteiger partial charge in [0.1, 0.15) is 0 Å². The standard InChI is InChI=1S/C36H34P2S2/c1-2-3-29-35(30-19-9-4-10-20-30)36(37(39,31-21-11-5-12-22-31)32-23-13-6-14-24-32)38(40,33-25-15-7-16-26-33)34-27-17-8-18-28-34/h4-28H,2-3,29H2,1H3. The second-order valence-electron chi connectivity index (χ2n) is 9.83. The minimum absolute atomic E-state index is 0.936. The molecule has 0 saturated carbocycles. The van der Waals surface area contributed by atoms with E-state index in [1.165, 1.54) is 37.4 Å². The summed E-state index contributed by atoms with van der Waals surface area (Å²) in [5.74, 6) is 0. The first-order valence-corrected chi connectivity index (χ1v) is 19.4. The van der Waals surface area contributed by atoms with E-state index in [0.717, 1.165) is 19.3 Å². The highest BCUT2D eigenvalue weighted by molar-refractivity contribution is 8.35. The van der Waals surface area contributed by atoms with E-state index in [0.29, 0.717) is 0 Å². The summed E-state index contributed by atoms with van der Waals surface area (Å²) in [4.78, 5) is 0. The average molecular weight is 593 g/mol. The molecule has 200 valence electrons. The van der Waals surface area contributed by atoms with E-state index in [4.69, 9.17) is 23.6 Å². The molecule has 0 aliphatic rings. The fraction of sp³-hybridized carbons (Fsp3) is 0.111. The van der Waals surface area contributed by atoms with Crippen LogP contribution in [0.5, 0.6) is 0 Å². The van der Waals surface area contributed by atoms with Crippen LogP contribution in [0.2, 0.25) is 0 Å². The number of unbranched alkanes of at least 4 members (excludes halogenated alkanes) is 1. The monoisotopic (exact) mass is 592 g/mol. The first-order chi connectivity index (χ1) is 19.6. The van der Waals surface area contributed by atoms with Crippen molar-refractivity contribution in [2.24, 2.45) is 0 Å². The van der Waals surface area contributed by atoms with Crippen molar-refractivity contribution in [3.63, 3.8) is 0 Å². The molecule has 5 rings (SSSR count). The van der Waals surface area contributed by atoms with Gasteiger partial charge in [0.2, 0.25) is 0 Å². The summed E-state index contributed by atoms with van der Waals surface area (Å²) < 4.78 is 0. The van der Waals surface area contributed by atoms with Crippen LogP contribution in [0, 0.1) is 0 Å². The van der Waals surface area contributed by atoms with E-state index in [1.807, 2.05) is 0 Å². The Hall–Kier alpha value is -2.86. The first kappa shape index (κ1) is 28.7. The minimum atomic E-state index is -2.59. The predicted octanol–water partition coefficient (Wildman–Crippen LogP) is 8.81. The number of hydrogen-bond donors (Lipinski definition) is 0. The summed E-state index contributed by atoms with van der Waals surface area (Å²) in [6.07, 6.45) is 3.11. The Kier molecular flexibility index (Phi) is 9.46. The van der Waals surface area contributed by atoms with E-state index >= 15 is 0 Å². The van der Waals surface area contributed by atoms with E-state index in [-0.39, 0.29) is 0 Å². The van der Waals surface area contributed by atoms with Crippen LogP contribution in [0.1, 0.15) is 31.7 Å². The maximum Gasteiger partial charge on any atom is 0.0400 e. The van der Waals surface area contributed by atoms with Gasteiger partial charge in [-0.05, 0) is 45.2 Å². The van der Waals surface area contributed by atoms with Gasteiger partial charge in [-0.2, -0.15) is 0 Å². The van der Waals surface area contributed by atoms with Crippen molar-refractivity contribution in [1.82, 2.24) is 0 Å². The third-order valence-electron chi connectivity index (χ3n) is 7.25. The van der Waals surface area contributed by atoms with Crippen molar-refractivity contribution in [3.05, 3.63) is 162 Å². The zero-order valence-electron chi connectivity index (χ0n) is 22.8. The van der Waals surface area contributed by atoms with Gasteiger partial charge in [0, 0.05) is 17.1 Å². The zero-order valence-corrected chi connectivity index (χ0v) is 26.2. The van der Waals surface area contributed by atoms with Gasteiger partial charge < -0.3 is 0 Å².